The van der Waals surface area contributed by atoms with E-state index in [0.29, 0.717) is 17.9 Å². The van der Waals surface area contributed by atoms with Crippen molar-refractivity contribution < 1.29 is 35.5 Å². The second kappa shape index (κ2) is 6.04. The van der Waals surface area contributed by atoms with Gasteiger partial charge >= 0.3 is 12.4 Å². The van der Waals surface area contributed by atoms with Crippen molar-refractivity contribution >= 4 is 0 Å². The lowest BCUT2D eigenvalue weighted by Gasteiger charge is -2.22. The topological polar surface area (TPSA) is 34.4 Å². The van der Waals surface area contributed by atoms with Gasteiger partial charge in [0.05, 0.1) is 0 Å². The maximum atomic E-state index is 12.2. The molecule has 0 atom stereocenters. The van der Waals surface area contributed by atoms with Gasteiger partial charge in [-0.15, -0.1) is 0 Å². The lowest BCUT2D eigenvalue weighted by molar-refractivity contribution is -0.325. The molecule has 0 aliphatic heterocycles. The lowest BCUT2D eigenvalue weighted by atomic mass is 10.2. The molecule has 0 bridgehead atoms. The highest BCUT2D eigenvalue weighted by molar-refractivity contribution is 5.20. The molecular formula is C11H13F6NO2. The Morgan fingerprint density at radius 2 is 1.75 bits per heavy atom. The summed E-state index contributed by atoms with van der Waals surface area (Å²) < 4.78 is 82.4. The standard InChI is InChI=1S/C11H13F6NO2/c1-6-7(4-18-2)3-8(20-6)5-19-9(10(12,13)14)11(15,16)17/h3,9,18H,4-5H2,1-2H3. The Morgan fingerprint density at radius 3 is 2.20 bits per heavy atom. The minimum Gasteiger partial charge on any atom is -0.464 e. The van der Waals surface area contributed by atoms with E-state index in [0.717, 1.165) is 0 Å². The molecule has 1 heterocycles. The third-order valence-electron chi connectivity index (χ3n) is 2.43. The van der Waals surface area contributed by atoms with Crippen molar-refractivity contribution in [1.29, 1.82) is 0 Å². The van der Waals surface area contributed by atoms with Gasteiger partial charge in [-0.3, -0.25) is 0 Å². The van der Waals surface area contributed by atoms with Crippen LogP contribution in [0, 0.1) is 6.92 Å². The molecule has 20 heavy (non-hydrogen) atoms. The van der Waals surface area contributed by atoms with Gasteiger partial charge in [0.25, 0.3) is 0 Å². The molecule has 3 nitrogen and oxygen atoms in total. The highest BCUT2D eigenvalue weighted by Gasteiger charge is 2.58. The van der Waals surface area contributed by atoms with E-state index in [1.807, 2.05) is 0 Å². The van der Waals surface area contributed by atoms with Crippen molar-refractivity contribution in [2.24, 2.45) is 0 Å². The van der Waals surface area contributed by atoms with Gasteiger partial charge in [-0.25, -0.2) is 0 Å². The van der Waals surface area contributed by atoms with Crippen LogP contribution in [-0.2, 0) is 17.9 Å². The molecule has 0 radical (unpaired) electrons. The van der Waals surface area contributed by atoms with Crippen molar-refractivity contribution in [3.8, 4) is 0 Å². The summed E-state index contributed by atoms with van der Waals surface area (Å²) in [5, 5.41) is 2.79. The third kappa shape index (κ3) is 4.41. The molecule has 0 aromatic carbocycles. The van der Waals surface area contributed by atoms with Gasteiger partial charge in [-0.1, -0.05) is 0 Å². The van der Waals surface area contributed by atoms with Gasteiger partial charge in [0.2, 0.25) is 6.10 Å². The zero-order chi connectivity index (χ0) is 15.6. The van der Waals surface area contributed by atoms with E-state index in [9.17, 15) is 26.3 Å². The Hall–Kier alpha value is -1.22. The smallest absolute Gasteiger partial charge is 0.423 e. The summed E-state index contributed by atoms with van der Waals surface area (Å²) in [6.07, 6.45) is -14.9. The first-order chi connectivity index (χ1) is 9.05. The molecule has 0 unspecified atom stereocenters. The summed E-state index contributed by atoms with van der Waals surface area (Å²) in [4.78, 5) is 0. The van der Waals surface area contributed by atoms with Crippen LogP contribution < -0.4 is 5.32 Å². The Labute approximate surface area is 110 Å². The Morgan fingerprint density at radius 1 is 1.20 bits per heavy atom. The average Bonchev–Trinajstić information content (AvgIpc) is 2.56. The van der Waals surface area contributed by atoms with Gasteiger partial charge < -0.3 is 14.5 Å². The number of nitrogens with one attached hydrogen (secondary N) is 1. The van der Waals surface area contributed by atoms with E-state index in [1.54, 1.807) is 14.0 Å². The van der Waals surface area contributed by atoms with Crippen LogP contribution in [0.2, 0.25) is 0 Å². The number of rotatable bonds is 5. The van der Waals surface area contributed by atoms with Crippen LogP contribution in [0.4, 0.5) is 26.3 Å². The largest absolute Gasteiger partial charge is 0.464 e. The van der Waals surface area contributed by atoms with Gasteiger partial charge in [0, 0.05) is 12.1 Å². The van der Waals surface area contributed by atoms with Crippen LogP contribution in [0.15, 0.2) is 10.5 Å². The van der Waals surface area contributed by atoms with Crippen LogP contribution in [0.5, 0.6) is 0 Å². The van der Waals surface area contributed by atoms with Gasteiger partial charge in [0.1, 0.15) is 18.1 Å². The van der Waals surface area contributed by atoms with Crippen molar-refractivity contribution in [1.82, 2.24) is 5.32 Å². The summed E-state index contributed by atoms with van der Waals surface area (Å²) in [5.74, 6) is 0.319. The maximum Gasteiger partial charge on any atom is 0.423 e. The van der Waals surface area contributed by atoms with Crippen LogP contribution >= 0.6 is 0 Å². The van der Waals surface area contributed by atoms with Crippen molar-refractivity contribution in [2.75, 3.05) is 7.05 Å². The van der Waals surface area contributed by atoms with Gasteiger partial charge in [-0.05, 0) is 20.0 Å². The fourth-order valence-corrected chi connectivity index (χ4v) is 1.56. The van der Waals surface area contributed by atoms with E-state index in [4.69, 9.17) is 4.42 Å². The van der Waals surface area contributed by atoms with Gasteiger partial charge in [-0.2, -0.15) is 26.3 Å². The zero-order valence-corrected chi connectivity index (χ0v) is 10.7. The summed E-state index contributed by atoms with van der Waals surface area (Å²) >= 11 is 0. The van der Waals surface area contributed by atoms with Crippen LogP contribution in [-0.4, -0.2) is 25.5 Å². The quantitative estimate of drug-likeness (QED) is 0.848. The van der Waals surface area contributed by atoms with Crippen LogP contribution in [0.25, 0.3) is 0 Å². The fourth-order valence-electron chi connectivity index (χ4n) is 1.56. The SMILES string of the molecule is CNCc1cc(COC(C(F)(F)F)C(F)(F)F)oc1C. The molecule has 0 fully saturated rings. The number of aryl methyl sites for hydroxylation is 1. The Kier molecular flexibility index (Phi) is 5.09. The van der Waals surface area contributed by atoms with Crippen molar-refractivity contribution in [3.05, 3.63) is 23.2 Å². The predicted molar refractivity (Wildman–Crippen MR) is 56.9 cm³/mol. The molecule has 1 aromatic rings. The number of ether oxygens (including phenoxy) is 1. The normalized spacial score (nSPS) is 13.2. The molecule has 1 rings (SSSR count). The van der Waals surface area contributed by atoms with Gasteiger partial charge in [0.15, 0.2) is 0 Å². The molecule has 9 heteroatoms. The molecule has 1 aromatic heterocycles. The predicted octanol–water partition coefficient (Wildman–Crippen LogP) is 3.32. The lowest BCUT2D eigenvalue weighted by Crippen LogP contribution is -2.44. The monoisotopic (exact) mass is 305 g/mol. The summed E-state index contributed by atoms with van der Waals surface area (Å²) in [6.45, 7) is 1.03. The first kappa shape index (κ1) is 16.8. The van der Waals surface area contributed by atoms with Crippen molar-refractivity contribution in [2.45, 2.75) is 38.5 Å². The first-order valence-corrected chi connectivity index (χ1v) is 5.53. The summed E-state index contributed by atoms with van der Waals surface area (Å²) in [7, 11) is 1.64. The molecule has 0 saturated heterocycles. The first-order valence-electron chi connectivity index (χ1n) is 5.53. The van der Waals surface area contributed by atoms with Crippen LogP contribution in [0.3, 0.4) is 0 Å². The zero-order valence-electron chi connectivity index (χ0n) is 10.7. The fraction of sp³-hybridized carbons (Fsp3) is 0.636. The molecule has 0 aliphatic carbocycles. The number of halogens is 6. The van der Waals surface area contributed by atoms with E-state index in [1.165, 1.54) is 6.07 Å². The number of furan rings is 1. The second-order valence-corrected chi connectivity index (χ2v) is 4.10. The highest BCUT2D eigenvalue weighted by Crippen LogP contribution is 2.36. The van der Waals surface area contributed by atoms with E-state index >= 15 is 0 Å². The number of hydrogen-bond acceptors (Lipinski definition) is 3. The molecule has 0 spiro atoms. The van der Waals surface area contributed by atoms with E-state index in [2.05, 4.69) is 10.1 Å². The molecule has 0 amide bonds. The van der Waals surface area contributed by atoms with Crippen molar-refractivity contribution in [3.63, 3.8) is 0 Å². The molecule has 0 aliphatic rings. The third-order valence-corrected chi connectivity index (χ3v) is 2.43. The number of alkyl halides is 6. The second-order valence-electron chi connectivity index (χ2n) is 4.10. The molecule has 116 valence electrons. The highest BCUT2D eigenvalue weighted by atomic mass is 19.4. The minimum atomic E-state index is -5.52. The summed E-state index contributed by atoms with van der Waals surface area (Å²) in [6, 6.07) is 1.36. The molecule has 0 saturated carbocycles. The Bertz CT molecular complexity index is 423. The van der Waals surface area contributed by atoms with E-state index < -0.39 is 25.1 Å². The maximum absolute atomic E-state index is 12.2. The molecular weight excluding hydrogens is 292 g/mol. The molecule has 1 N–H and O–H groups in total. The minimum absolute atomic E-state index is 0.0914. The van der Waals surface area contributed by atoms with E-state index in [-0.39, 0.29) is 5.76 Å². The van der Waals surface area contributed by atoms with Crippen LogP contribution in [0.1, 0.15) is 17.1 Å². The number of hydrogen-bond donors (Lipinski definition) is 1. The average molecular weight is 305 g/mol. The summed E-state index contributed by atoms with van der Waals surface area (Å²) in [5.41, 5.74) is 0.640. The Balaban J connectivity index is 2.76.